The van der Waals surface area contributed by atoms with Crippen LogP contribution >= 0.6 is 15.9 Å². The van der Waals surface area contributed by atoms with E-state index in [9.17, 15) is 8.42 Å². The molecule has 1 fully saturated rings. The minimum atomic E-state index is -3.59. The van der Waals surface area contributed by atoms with Gasteiger partial charge in [0.25, 0.3) is 0 Å². The number of methoxy groups -OCH3 is 1. The molecular formula is C13H19BrN2O3S. The molecule has 7 heteroatoms. The van der Waals surface area contributed by atoms with Gasteiger partial charge in [0, 0.05) is 17.1 Å². The van der Waals surface area contributed by atoms with E-state index in [0.717, 1.165) is 25.8 Å². The van der Waals surface area contributed by atoms with E-state index in [4.69, 9.17) is 4.74 Å². The van der Waals surface area contributed by atoms with Gasteiger partial charge in [0.2, 0.25) is 10.0 Å². The van der Waals surface area contributed by atoms with Gasteiger partial charge in [0.1, 0.15) is 10.6 Å². The summed E-state index contributed by atoms with van der Waals surface area (Å²) < 4.78 is 33.6. The number of hydrogen-bond acceptors (Lipinski definition) is 4. The summed E-state index contributed by atoms with van der Waals surface area (Å²) in [6.07, 6.45) is 2.96. The summed E-state index contributed by atoms with van der Waals surface area (Å²) in [7, 11) is -2.12. The van der Waals surface area contributed by atoms with Gasteiger partial charge in [0.15, 0.2) is 0 Å². The maximum atomic E-state index is 12.5. The van der Waals surface area contributed by atoms with Crippen LogP contribution in [0, 0.1) is 0 Å². The molecule has 2 N–H and O–H groups in total. The summed E-state index contributed by atoms with van der Waals surface area (Å²) in [6, 6.07) is 4.88. The minimum Gasteiger partial charge on any atom is -0.495 e. The average Bonchev–Trinajstić information content (AvgIpc) is 2.67. The molecule has 1 atom stereocenters. The van der Waals surface area contributed by atoms with Crippen LogP contribution in [0.3, 0.4) is 0 Å². The summed E-state index contributed by atoms with van der Waals surface area (Å²) in [5.74, 6) is 0.349. The van der Waals surface area contributed by atoms with E-state index in [0.29, 0.717) is 16.8 Å². The lowest BCUT2D eigenvalue weighted by atomic mass is 10.2. The number of nitrogens with one attached hydrogen (secondary N) is 2. The van der Waals surface area contributed by atoms with Crippen molar-refractivity contribution in [3.05, 3.63) is 22.7 Å². The molecule has 1 unspecified atom stereocenters. The quantitative estimate of drug-likeness (QED) is 0.857. The van der Waals surface area contributed by atoms with Crippen molar-refractivity contribution in [2.75, 3.05) is 20.2 Å². The lowest BCUT2D eigenvalue weighted by molar-refractivity contribution is 0.401. The molecule has 1 saturated heterocycles. The van der Waals surface area contributed by atoms with E-state index in [2.05, 4.69) is 26.0 Å². The predicted octanol–water partition coefficient (Wildman–Crippen LogP) is 1.88. The highest BCUT2D eigenvalue weighted by Gasteiger charge is 2.24. The molecule has 0 spiro atoms. The monoisotopic (exact) mass is 362 g/mol. The Morgan fingerprint density at radius 3 is 2.95 bits per heavy atom. The van der Waals surface area contributed by atoms with Gasteiger partial charge in [0.05, 0.1) is 7.11 Å². The first kappa shape index (κ1) is 15.8. The maximum absolute atomic E-state index is 12.5. The minimum absolute atomic E-state index is 0.0776. The second-order valence-electron chi connectivity index (χ2n) is 4.81. The predicted molar refractivity (Wildman–Crippen MR) is 81.5 cm³/mol. The van der Waals surface area contributed by atoms with E-state index in [1.165, 1.54) is 7.11 Å². The summed E-state index contributed by atoms with van der Waals surface area (Å²) in [5, 5.41) is 3.24. The first-order valence-corrected chi connectivity index (χ1v) is 8.87. The van der Waals surface area contributed by atoms with Gasteiger partial charge in [-0.2, -0.15) is 0 Å². The van der Waals surface area contributed by atoms with Crippen LogP contribution in [-0.2, 0) is 10.0 Å². The number of sulfonamides is 1. The molecule has 0 bridgehead atoms. The van der Waals surface area contributed by atoms with Crippen molar-refractivity contribution in [1.82, 2.24) is 10.0 Å². The molecular weight excluding hydrogens is 344 g/mol. The van der Waals surface area contributed by atoms with Crippen molar-refractivity contribution in [3.63, 3.8) is 0 Å². The van der Waals surface area contributed by atoms with Gasteiger partial charge in [-0.05, 0) is 37.6 Å². The fraction of sp³-hybridized carbons (Fsp3) is 0.538. The smallest absolute Gasteiger partial charge is 0.244 e. The molecule has 1 aromatic carbocycles. The fourth-order valence-corrected chi connectivity index (χ4v) is 4.24. The van der Waals surface area contributed by atoms with E-state index >= 15 is 0 Å². The number of hydrogen-bond donors (Lipinski definition) is 2. The van der Waals surface area contributed by atoms with Crippen molar-refractivity contribution >= 4 is 26.0 Å². The molecule has 2 rings (SSSR count). The van der Waals surface area contributed by atoms with E-state index in [1.807, 2.05) is 0 Å². The van der Waals surface area contributed by atoms with E-state index in [1.54, 1.807) is 18.2 Å². The Kier molecular flexibility index (Phi) is 5.42. The van der Waals surface area contributed by atoms with Gasteiger partial charge in [-0.1, -0.05) is 22.4 Å². The van der Waals surface area contributed by atoms with Crippen molar-refractivity contribution in [2.24, 2.45) is 0 Å². The summed E-state index contributed by atoms with van der Waals surface area (Å²) >= 11 is 3.30. The zero-order chi connectivity index (χ0) is 14.6. The molecule has 1 aliphatic heterocycles. The van der Waals surface area contributed by atoms with E-state index < -0.39 is 10.0 Å². The molecule has 0 aliphatic carbocycles. The molecule has 112 valence electrons. The standard InChI is InChI=1S/C13H19BrN2O3S/c1-19-12-6-5-10(14)8-13(12)20(17,18)16-11-4-2-3-7-15-9-11/h5-6,8,11,15-16H,2-4,7,9H2,1H3. The molecule has 0 saturated carbocycles. The Labute approximate surface area is 128 Å². The molecule has 1 aliphatic rings. The lowest BCUT2D eigenvalue weighted by Gasteiger charge is -2.18. The largest absolute Gasteiger partial charge is 0.495 e. The molecule has 0 amide bonds. The first-order valence-electron chi connectivity index (χ1n) is 6.59. The number of halogens is 1. The van der Waals surface area contributed by atoms with Gasteiger partial charge < -0.3 is 10.1 Å². The highest BCUT2D eigenvalue weighted by atomic mass is 79.9. The van der Waals surface area contributed by atoms with Crippen LogP contribution in [0.15, 0.2) is 27.6 Å². The fourth-order valence-electron chi connectivity index (χ4n) is 2.26. The normalized spacial score (nSPS) is 20.4. The number of benzene rings is 1. The zero-order valence-electron chi connectivity index (χ0n) is 11.4. The van der Waals surface area contributed by atoms with E-state index in [-0.39, 0.29) is 10.9 Å². The Bertz CT molecular complexity index is 555. The van der Waals surface area contributed by atoms with Crippen molar-refractivity contribution < 1.29 is 13.2 Å². The number of rotatable bonds is 4. The third-order valence-electron chi connectivity index (χ3n) is 3.28. The molecule has 1 heterocycles. The molecule has 1 aromatic rings. The van der Waals surface area contributed by atoms with Crippen LogP contribution in [0.1, 0.15) is 19.3 Å². The Balaban J connectivity index is 2.23. The molecule has 0 aromatic heterocycles. The second kappa shape index (κ2) is 6.89. The zero-order valence-corrected chi connectivity index (χ0v) is 13.8. The SMILES string of the molecule is COc1ccc(Br)cc1S(=O)(=O)NC1CCCCNC1. The average molecular weight is 363 g/mol. The van der Waals surface area contributed by atoms with Crippen molar-refractivity contribution in [1.29, 1.82) is 0 Å². The van der Waals surface area contributed by atoms with Crippen LogP contribution in [0.4, 0.5) is 0 Å². The highest BCUT2D eigenvalue weighted by molar-refractivity contribution is 9.10. The van der Waals surface area contributed by atoms with Crippen molar-refractivity contribution in [2.45, 2.75) is 30.2 Å². The third-order valence-corrected chi connectivity index (χ3v) is 5.32. The lowest BCUT2D eigenvalue weighted by Crippen LogP contribution is -2.40. The Morgan fingerprint density at radius 1 is 1.40 bits per heavy atom. The van der Waals surface area contributed by atoms with Gasteiger partial charge in [-0.3, -0.25) is 0 Å². The van der Waals surface area contributed by atoms with Crippen LogP contribution < -0.4 is 14.8 Å². The highest BCUT2D eigenvalue weighted by Crippen LogP contribution is 2.27. The van der Waals surface area contributed by atoms with Gasteiger partial charge in [-0.25, -0.2) is 13.1 Å². The van der Waals surface area contributed by atoms with Crippen LogP contribution in [0.5, 0.6) is 5.75 Å². The van der Waals surface area contributed by atoms with Gasteiger partial charge >= 0.3 is 0 Å². The topological polar surface area (TPSA) is 67.4 Å². The van der Waals surface area contributed by atoms with Crippen molar-refractivity contribution in [3.8, 4) is 5.75 Å². The summed E-state index contributed by atoms with van der Waals surface area (Å²) in [5.41, 5.74) is 0. The summed E-state index contributed by atoms with van der Waals surface area (Å²) in [4.78, 5) is 0.165. The van der Waals surface area contributed by atoms with Crippen LogP contribution in [0.25, 0.3) is 0 Å². The molecule has 20 heavy (non-hydrogen) atoms. The van der Waals surface area contributed by atoms with Gasteiger partial charge in [-0.15, -0.1) is 0 Å². The molecule has 5 nitrogen and oxygen atoms in total. The van der Waals surface area contributed by atoms with Crippen LogP contribution in [-0.4, -0.2) is 34.7 Å². The Morgan fingerprint density at radius 2 is 2.20 bits per heavy atom. The first-order chi connectivity index (χ1) is 9.53. The summed E-state index contributed by atoms with van der Waals surface area (Å²) in [6.45, 7) is 1.61. The van der Waals surface area contributed by atoms with Crippen LogP contribution in [0.2, 0.25) is 0 Å². The second-order valence-corrected chi connectivity index (χ2v) is 7.41. The maximum Gasteiger partial charge on any atom is 0.244 e. The number of ether oxygens (including phenoxy) is 1. The molecule has 0 radical (unpaired) electrons. The third kappa shape index (κ3) is 3.94. The Hall–Kier alpha value is -0.630.